The summed E-state index contributed by atoms with van der Waals surface area (Å²) in [4.78, 5) is 26.3. The van der Waals surface area contributed by atoms with E-state index in [4.69, 9.17) is 4.52 Å². The van der Waals surface area contributed by atoms with E-state index in [1.807, 2.05) is 49.1 Å². The molecule has 0 saturated carbocycles. The van der Waals surface area contributed by atoms with Gasteiger partial charge in [0.15, 0.2) is 5.76 Å². The van der Waals surface area contributed by atoms with Crippen molar-refractivity contribution in [2.75, 3.05) is 13.1 Å². The van der Waals surface area contributed by atoms with Crippen molar-refractivity contribution in [1.29, 1.82) is 0 Å². The lowest BCUT2D eigenvalue weighted by molar-refractivity contribution is -0.137. The molecular weight excluding hydrogens is 356 g/mol. The van der Waals surface area contributed by atoms with Crippen LogP contribution in [0.4, 0.5) is 0 Å². The highest BCUT2D eigenvalue weighted by molar-refractivity contribution is 5.96. The zero-order valence-electron chi connectivity index (χ0n) is 16.7. The van der Waals surface area contributed by atoms with Gasteiger partial charge in [-0.1, -0.05) is 49.3 Å². The molecule has 1 aromatic heterocycles. The van der Waals surface area contributed by atoms with Crippen LogP contribution in [0.5, 0.6) is 0 Å². The van der Waals surface area contributed by atoms with Crippen LogP contribution in [-0.4, -0.2) is 40.1 Å². The standard InChI is InChI=1S/C22H28N2O4/c1-14(2)21-20(15(3)23-28-21)22(27)24-11-9-17(10-12-24)18(13-19(25)26)16-7-5-4-6-8-16/h4-8,14,17-18H,9-13H2,1-3H3,(H,25,26). The summed E-state index contributed by atoms with van der Waals surface area (Å²) >= 11 is 0. The lowest BCUT2D eigenvalue weighted by atomic mass is 9.78. The van der Waals surface area contributed by atoms with Gasteiger partial charge in [-0.15, -0.1) is 0 Å². The van der Waals surface area contributed by atoms with Gasteiger partial charge in [-0.3, -0.25) is 9.59 Å². The number of carbonyl (C=O) groups excluding carboxylic acids is 1. The van der Waals surface area contributed by atoms with Crippen LogP contribution in [-0.2, 0) is 4.79 Å². The van der Waals surface area contributed by atoms with E-state index in [-0.39, 0.29) is 30.1 Å². The predicted molar refractivity (Wildman–Crippen MR) is 105 cm³/mol. The van der Waals surface area contributed by atoms with Crippen molar-refractivity contribution in [3.63, 3.8) is 0 Å². The highest BCUT2D eigenvalue weighted by Gasteiger charge is 2.33. The molecule has 0 radical (unpaired) electrons. The molecule has 1 N–H and O–H groups in total. The topological polar surface area (TPSA) is 83.6 Å². The van der Waals surface area contributed by atoms with Crippen molar-refractivity contribution in [1.82, 2.24) is 10.1 Å². The van der Waals surface area contributed by atoms with Gasteiger partial charge in [-0.05, 0) is 37.2 Å². The van der Waals surface area contributed by atoms with Crippen molar-refractivity contribution in [2.24, 2.45) is 5.92 Å². The zero-order chi connectivity index (χ0) is 20.3. The molecule has 1 aliphatic rings. The molecule has 1 fully saturated rings. The summed E-state index contributed by atoms with van der Waals surface area (Å²) in [6.07, 6.45) is 1.70. The minimum Gasteiger partial charge on any atom is -0.481 e. The number of amides is 1. The molecule has 1 aliphatic heterocycles. The van der Waals surface area contributed by atoms with Crippen molar-refractivity contribution in [2.45, 2.75) is 51.9 Å². The second kappa shape index (κ2) is 8.59. The molecule has 0 aliphatic carbocycles. The summed E-state index contributed by atoms with van der Waals surface area (Å²) in [6.45, 7) is 7.01. The van der Waals surface area contributed by atoms with Crippen LogP contribution in [0.15, 0.2) is 34.9 Å². The van der Waals surface area contributed by atoms with Crippen molar-refractivity contribution in [3.05, 3.63) is 52.9 Å². The van der Waals surface area contributed by atoms with Gasteiger partial charge in [0, 0.05) is 19.0 Å². The van der Waals surface area contributed by atoms with E-state index in [0.29, 0.717) is 30.1 Å². The number of carbonyl (C=O) groups is 2. The number of rotatable bonds is 6. The molecular formula is C22H28N2O4. The SMILES string of the molecule is Cc1noc(C(C)C)c1C(=O)N1CCC(C(CC(=O)O)c2ccccc2)CC1. The third kappa shape index (κ3) is 4.26. The predicted octanol–water partition coefficient (Wildman–Crippen LogP) is 4.22. The van der Waals surface area contributed by atoms with Gasteiger partial charge in [-0.25, -0.2) is 0 Å². The molecule has 1 amide bonds. The fourth-order valence-corrected chi connectivity index (χ4v) is 4.15. The lowest BCUT2D eigenvalue weighted by Gasteiger charge is -2.36. The maximum Gasteiger partial charge on any atom is 0.303 e. The van der Waals surface area contributed by atoms with Crippen LogP contribution in [0.3, 0.4) is 0 Å². The first-order valence-electron chi connectivity index (χ1n) is 9.90. The van der Waals surface area contributed by atoms with E-state index >= 15 is 0 Å². The maximum atomic E-state index is 13.1. The summed E-state index contributed by atoms with van der Waals surface area (Å²) < 4.78 is 5.37. The smallest absolute Gasteiger partial charge is 0.303 e. The molecule has 2 aromatic rings. The minimum atomic E-state index is -0.783. The second-order valence-electron chi connectivity index (χ2n) is 7.91. The van der Waals surface area contributed by atoms with Gasteiger partial charge in [0.25, 0.3) is 5.91 Å². The number of hydrogen-bond acceptors (Lipinski definition) is 4. The first-order valence-corrected chi connectivity index (χ1v) is 9.90. The van der Waals surface area contributed by atoms with Crippen LogP contribution in [0.1, 0.15) is 72.3 Å². The van der Waals surface area contributed by atoms with E-state index in [1.54, 1.807) is 6.92 Å². The number of carboxylic acid groups (broad SMARTS) is 1. The Kier molecular flexibility index (Phi) is 6.17. The van der Waals surface area contributed by atoms with Gasteiger partial charge in [0.1, 0.15) is 5.56 Å². The second-order valence-corrected chi connectivity index (χ2v) is 7.91. The summed E-state index contributed by atoms with van der Waals surface area (Å²) in [5, 5.41) is 13.4. The Bertz CT molecular complexity index is 820. The summed E-state index contributed by atoms with van der Waals surface area (Å²) in [5.41, 5.74) is 2.27. The van der Waals surface area contributed by atoms with E-state index in [1.165, 1.54) is 0 Å². The van der Waals surface area contributed by atoms with E-state index in [0.717, 1.165) is 18.4 Å². The monoisotopic (exact) mass is 384 g/mol. The van der Waals surface area contributed by atoms with Crippen LogP contribution >= 0.6 is 0 Å². The highest BCUT2D eigenvalue weighted by atomic mass is 16.5. The molecule has 28 heavy (non-hydrogen) atoms. The van der Waals surface area contributed by atoms with E-state index in [9.17, 15) is 14.7 Å². The van der Waals surface area contributed by atoms with Gasteiger partial charge >= 0.3 is 5.97 Å². The Hall–Kier alpha value is -2.63. The zero-order valence-corrected chi connectivity index (χ0v) is 16.7. The number of benzene rings is 1. The molecule has 150 valence electrons. The average Bonchev–Trinajstić information content (AvgIpc) is 3.08. The number of likely N-dealkylation sites (tertiary alicyclic amines) is 1. The van der Waals surface area contributed by atoms with Crippen LogP contribution in [0.2, 0.25) is 0 Å². The van der Waals surface area contributed by atoms with Gasteiger partial charge in [-0.2, -0.15) is 0 Å². The Labute approximate surface area is 165 Å². The van der Waals surface area contributed by atoms with Gasteiger partial charge in [0.05, 0.1) is 12.1 Å². The third-order valence-corrected chi connectivity index (χ3v) is 5.65. The molecule has 6 heteroatoms. The summed E-state index contributed by atoms with van der Waals surface area (Å²) in [6, 6.07) is 9.84. The van der Waals surface area contributed by atoms with Crippen molar-refractivity contribution < 1.29 is 19.2 Å². The van der Waals surface area contributed by atoms with Gasteiger partial charge < -0.3 is 14.5 Å². The summed E-state index contributed by atoms with van der Waals surface area (Å²) in [7, 11) is 0. The molecule has 0 spiro atoms. The highest BCUT2D eigenvalue weighted by Crippen LogP contribution is 2.36. The van der Waals surface area contributed by atoms with Crippen LogP contribution in [0.25, 0.3) is 0 Å². The quantitative estimate of drug-likeness (QED) is 0.806. The number of aryl methyl sites for hydroxylation is 1. The Morgan fingerprint density at radius 1 is 1.21 bits per heavy atom. The number of piperidine rings is 1. The average molecular weight is 384 g/mol. The molecule has 1 unspecified atom stereocenters. The fourth-order valence-electron chi connectivity index (χ4n) is 4.15. The molecule has 1 atom stereocenters. The first-order chi connectivity index (χ1) is 13.4. The van der Waals surface area contributed by atoms with Crippen molar-refractivity contribution in [3.8, 4) is 0 Å². The number of nitrogens with zero attached hydrogens (tertiary/aromatic N) is 2. The fraction of sp³-hybridized carbons (Fsp3) is 0.500. The van der Waals surface area contributed by atoms with E-state index < -0.39 is 5.97 Å². The Balaban J connectivity index is 1.72. The number of hydrogen-bond donors (Lipinski definition) is 1. The molecule has 6 nitrogen and oxygen atoms in total. The molecule has 0 bridgehead atoms. The first kappa shape index (κ1) is 20.1. The number of carboxylic acids is 1. The Morgan fingerprint density at radius 3 is 2.43 bits per heavy atom. The van der Waals surface area contributed by atoms with Gasteiger partial charge in [0.2, 0.25) is 0 Å². The normalized spacial score (nSPS) is 16.4. The molecule has 3 rings (SSSR count). The third-order valence-electron chi connectivity index (χ3n) is 5.65. The molecule has 2 heterocycles. The van der Waals surface area contributed by atoms with E-state index in [2.05, 4.69) is 5.16 Å². The Morgan fingerprint density at radius 2 is 1.86 bits per heavy atom. The maximum absolute atomic E-state index is 13.1. The number of aromatic nitrogens is 1. The van der Waals surface area contributed by atoms with Crippen LogP contribution < -0.4 is 0 Å². The summed E-state index contributed by atoms with van der Waals surface area (Å²) in [5.74, 6) is 0.132. The van der Waals surface area contributed by atoms with Crippen molar-refractivity contribution >= 4 is 11.9 Å². The lowest BCUT2D eigenvalue weighted by Crippen LogP contribution is -2.40. The largest absolute Gasteiger partial charge is 0.481 e. The molecule has 1 saturated heterocycles. The molecule has 1 aromatic carbocycles. The number of aliphatic carboxylic acids is 1. The van der Waals surface area contributed by atoms with Crippen LogP contribution in [0, 0.1) is 12.8 Å². The minimum absolute atomic E-state index is 0.0282.